The maximum atomic E-state index is 11.2. The minimum atomic E-state index is -0.566. The fourth-order valence-electron chi connectivity index (χ4n) is 2.25. The Balaban J connectivity index is 2.51. The minimum absolute atomic E-state index is 0.227. The van der Waals surface area contributed by atoms with Gasteiger partial charge in [0, 0.05) is 6.92 Å². The van der Waals surface area contributed by atoms with E-state index < -0.39 is 11.9 Å². The van der Waals surface area contributed by atoms with Gasteiger partial charge in [0.1, 0.15) is 6.04 Å². The number of benzene rings is 1. The lowest BCUT2D eigenvalue weighted by molar-refractivity contribution is -0.126. The molecule has 0 radical (unpaired) electrons. The second-order valence-corrected chi connectivity index (χ2v) is 5.04. The van der Waals surface area contributed by atoms with Gasteiger partial charge in [-0.25, -0.2) is 0 Å². The monoisotopic (exact) mass is 262 g/mol. The van der Waals surface area contributed by atoms with Crippen LogP contribution in [0.3, 0.4) is 0 Å². The van der Waals surface area contributed by atoms with Gasteiger partial charge >= 0.3 is 0 Å². The summed E-state index contributed by atoms with van der Waals surface area (Å²) in [6.45, 7) is 5.53. The van der Waals surface area contributed by atoms with Crippen LogP contribution in [0.4, 0.5) is 0 Å². The molecule has 0 bridgehead atoms. The maximum Gasteiger partial charge on any atom is 0.239 e. The van der Waals surface area contributed by atoms with Crippen molar-refractivity contribution in [3.63, 3.8) is 0 Å². The molecule has 104 valence electrons. The SMILES string of the molecule is CC(=O)N[C@@H](CCCc1cc(C)cc(C)c1)C(N)=O. The van der Waals surface area contributed by atoms with Crippen molar-refractivity contribution >= 4 is 11.8 Å². The zero-order chi connectivity index (χ0) is 14.4. The number of primary amides is 1. The Hall–Kier alpha value is -1.84. The Kier molecular flexibility index (Phi) is 5.55. The van der Waals surface area contributed by atoms with Crippen LogP contribution in [0.5, 0.6) is 0 Å². The molecule has 0 spiro atoms. The van der Waals surface area contributed by atoms with E-state index in [0.717, 1.165) is 12.8 Å². The molecular formula is C15H22N2O2. The van der Waals surface area contributed by atoms with Crippen LogP contribution in [0.2, 0.25) is 0 Å². The maximum absolute atomic E-state index is 11.2. The highest BCUT2D eigenvalue weighted by Crippen LogP contribution is 2.12. The highest BCUT2D eigenvalue weighted by Gasteiger charge is 2.15. The summed E-state index contributed by atoms with van der Waals surface area (Å²) in [7, 11) is 0. The quantitative estimate of drug-likeness (QED) is 0.817. The van der Waals surface area contributed by atoms with Gasteiger partial charge in [0.2, 0.25) is 11.8 Å². The molecule has 1 aromatic carbocycles. The van der Waals surface area contributed by atoms with Crippen molar-refractivity contribution in [3.05, 3.63) is 34.9 Å². The van der Waals surface area contributed by atoms with Crippen molar-refractivity contribution in [2.24, 2.45) is 5.73 Å². The second kappa shape index (κ2) is 6.92. The van der Waals surface area contributed by atoms with Gasteiger partial charge in [0.25, 0.3) is 0 Å². The molecule has 19 heavy (non-hydrogen) atoms. The molecule has 0 aliphatic carbocycles. The van der Waals surface area contributed by atoms with Crippen molar-refractivity contribution in [2.45, 2.75) is 46.1 Å². The van der Waals surface area contributed by atoms with Gasteiger partial charge in [0.05, 0.1) is 0 Å². The van der Waals surface area contributed by atoms with Crippen LogP contribution < -0.4 is 11.1 Å². The summed E-state index contributed by atoms with van der Waals surface area (Å²) in [5.74, 6) is -0.703. The highest BCUT2D eigenvalue weighted by molar-refractivity contribution is 5.85. The molecule has 0 aliphatic rings. The molecule has 1 atom stereocenters. The molecular weight excluding hydrogens is 240 g/mol. The largest absolute Gasteiger partial charge is 0.368 e. The van der Waals surface area contributed by atoms with E-state index in [1.165, 1.54) is 23.6 Å². The zero-order valence-electron chi connectivity index (χ0n) is 11.8. The van der Waals surface area contributed by atoms with Gasteiger partial charge in [-0.1, -0.05) is 29.3 Å². The number of aryl methyl sites for hydroxylation is 3. The fraction of sp³-hybridized carbons (Fsp3) is 0.467. The third-order valence-corrected chi connectivity index (χ3v) is 2.96. The molecule has 4 heteroatoms. The van der Waals surface area contributed by atoms with E-state index in [4.69, 9.17) is 5.73 Å². The van der Waals surface area contributed by atoms with Crippen LogP contribution in [0, 0.1) is 13.8 Å². The van der Waals surface area contributed by atoms with Crippen LogP contribution in [0.1, 0.15) is 36.5 Å². The van der Waals surface area contributed by atoms with Crippen molar-refractivity contribution in [1.29, 1.82) is 0 Å². The van der Waals surface area contributed by atoms with E-state index in [-0.39, 0.29) is 5.91 Å². The van der Waals surface area contributed by atoms with E-state index in [1.54, 1.807) is 0 Å². The van der Waals surface area contributed by atoms with Gasteiger partial charge in [-0.2, -0.15) is 0 Å². The molecule has 0 saturated heterocycles. The van der Waals surface area contributed by atoms with Crippen LogP contribution >= 0.6 is 0 Å². The van der Waals surface area contributed by atoms with Gasteiger partial charge < -0.3 is 11.1 Å². The summed E-state index contributed by atoms with van der Waals surface area (Å²) in [4.78, 5) is 22.2. The van der Waals surface area contributed by atoms with Crippen LogP contribution in [-0.2, 0) is 16.0 Å². The third kappa shape index (κ3) is 5.55. The highest BCUT2D eigenvalue weighted by atomic mass is 16.2. The first-order valence-corrected chi connectivity index (χ1v) is 6.52. The smallest absolute Gasteiger partial charge is 0.239 e. The number of nitrogens with two attached hydrogens (primary N) is 1. The number of amides is 2. The minimum Gasteiger partial charge on any atom is -0.368 e. The number of nitrogens with one attached hydrogen (secondary N) is 1. The van der Waals surface area contributed by atoms with Gasteiger partial charge in [-0.15, -0.1) is 0 Å². The normalized spacial score (nSPS) is 11.9. The molecule has 0 aromatic heterocycles. The van der Waals surface area contributed by atoms with Gasteiger partial charge in [-0.3, -0.25) is 9.59 Å². The van der Waals surface area contributed by atoms with E-state index in [0.29, 0.717) is 6.42 Å². The summed E-state index contributed by atoms with van der Waals surface area (Å²) in [5, 5.41) is 2.57. The van der Waals surface area contributed by atoms with Crippen LogP contribution in [-0.4, -0.2) is 17.9 Å². The summed E-state index contributed by atoms with van der Waals surface area (Å²) >= 11 is 0. The van der Waals surface area contributed by atoms with E-state index in [9.17, 15) is 9.59 Å². The Morgan fingerprint density at radius 1 is 1.21 bits per heavy atom. The molecule has 3 N–H and O–H groups in total. The summed E-state index contributed by atoms with van der Waals surface area (Å²) in [6, 6.07) is 5.85. The molecule has 0 saturated carbocycles. The molecule has 1 rings (SSSR count). The molecule has 1 aromatic rings. The lowest BCUT2D eigenvalue weighted by Crippen LogP contribution is -2.43. The second-order valence-electron chi connectivity index (χ2n) is 5.04. The lowest BCUT2D eigenvalue weighted by Gasteiger charge is -2.14. The molecule has 0 heterocycles. The summed E-state index contributed by atoms with van der Waals surface area (Å²) < 4.78 is 0. The Labute approximate surface area is 114 Å². The predicted molar refractivity (Wildman–Crippen MR) is 75.7 cm³/mol. The number of rotatable bonds is 6. The predicted octanol–water partition coefficient (Wildman–Crippen LogP) is 1.62. The van der Waals surface area contributed by atoms with E-state index in [2.05, 4.69) is 37.4 Å². The zero-order valence-corrected chi connectivity index (χ0v) is 11.8. The Morgan fingerprint density at radius 2 is 1.79 bits per heavy atom. The van der Waals surface area contributed by atoms with Gasteiger partial charge in [0.15, 0.2) is 0 Å². The lowest BCUT2D eigenvalue weighted by atomic mass is 10.0. The number of hydrogen-bond donors (Lipinski definition) is 2. The molecule has 2 amide bonds. The molecule has 0 unspecified atom stereocenters. The van der Waals surface area contributed by atoms with Crippen molar-refractivity contribution in [2.75, 3.05) is 0 Å². The van der Waals surface area contributed by atoms with Crippen molar-refractivity contribution < 1.29 is 9.59 Å². The summed E-state index contributed by atoms with van der Waals surface area (Å²) in [5.41, 5.74) is 8.99. The van der Waals surface area contributed by atoms with Crippen molar-refractivity contribution in [1.82, 2.24) is 5.32 Å². The van der Waals surface area contributed by atoms with Gasteiger partial charge in [-0.05, 0) is 38.7 Å². The fourth-order valence-corrected chi connectivity index (χ4v) is 2.25. The first-order valence-electron chi connectivity index (χ1n) is 6.52. The summed E-state index contributed by atoms with van der Waals surface area (Å²) in [6.07, 6.45) is 2.27. The molecule has 4 nitrogen and oxygen atoms in total. The topological polar surface area (TPSA) is 72.2 Å². The Bertz CT molecular complexity index is 449. The number of carbonyl (C=O) groups is 2. The average Bonchev–Trinajstić information content (AvgIpc) is 2.25. The number of hydrogen-bond acceptors (Lipinski definition) is 2. The third-order valence-electron chi connectivity index (χ3n) is 2.96. The Morgan fingerprint density at radius 3 is 2.26 bits per heavy atom. The van der Waals surface area contributed by atoms with E-state index >= 15 is 0 Å². The van der Waals surface area contributed by atoms with Crippen molar-refractivity contribution in [3.8, 4) is 0 Å². The molecule has 0 aliphatic heterocycles. The van der Waals surface area contributed by atoms with Crippen LogP contribution in [0.15, 0.2) is 18.2 Å². The first-order chi connectivity index (χ1) is 8.88. The first kappa shape index (κ1) is 15.2. The van der Waals surface area contributed by atoms with E-state index in [1.807, 2.05) is 0 Å². The number of carbonyl (C=O) groups excluding carboxylic acids is 2. The average molecular weight is 262 g/mol. The van der Waals surface area contributed by atoms with Crippen LogP contribution in [0.25, 0.3) is 0 Å². The standard InChI is InChI=1S/C15H22N2O2/c1-10-7-11(2)9-13(8-10)5-4-6-14(15(16)19)17-12(3)18/h7-9,14H,4-6H2,1-3H3,(H2,16,19)(H,17,18)/t14-/m0/s1. The molecule has 0 fully saturated rings.